The van der Waals surface area contributed by atoms with Gasteiger partial charge in [0.2, 0.25) is 27.7 Å². The van der Waals surface area contributed by atoms with Gasteiger partial charge < -0.3 is 18.9 Å². The van der Waals surface area contributed by atoms with E-state index in [1.807, 2.05) is 0 Å². The highest BCUT2D eigenvalue weighted by Gasteiger charge is 2.52. The van der Waals surface area contributed by atoms with Gasteiger partial charge in [0, 0.05) is 30.8 Å². The molecule has 3 aromatic rings. The van der Waals surface area contributed by atoms with E-state index < -0.39 is 21.4 Å². The van der Waals surface area contributed by atoms with Crippen molar-refractivity contribution in [3.8, 4) is 17.4 Å². The van der Waals surface area contributed by atoms with Gasteiger partial charge in [-0.05, 0) is 19.8 Å². The summed E-state index contributed by atoms with van der Waals surface area (Å²) in [5.41, 5.74) is 0.402. The normalized spacial score (nSPS) is 18.3. The maximum Gasteiger partial charge on any atom is 0.245 e. The number of hydrogen-bond acceptors (Lipinski definition) is 12. The number of anilines is 1. The largest absolute Gasteiger partial charge is 0.479 e. The molecule has 16 heteroatoms. The third-order valence-corrected chi connectivity index (χ3v) is 8.78. The lowest BCUT2D eigenvalue weighted by molar-refractivity contribution is -0.165. The summed E-state index contributed by atoms with van der Waals surface area (Å²) in [5, 5.41) is 7.77. The molecule has 1 saturated heterocycles. The van der Waals surface area contributed by atoms with Crippen LogP contribution in [0.4, 0.5) is 5.95 Å². The van der Waals surface area contributed by atoms with Crippen LogP contribution < -0.4 is 14.2 Å². The third kappa shape index (κ3) is 4.63. The summed E-state index contributed by atoms with van der Waals surface area (Å²) in [6.07, 6.45) is 4.69. The van der Waals surface area contributed by atoms with Crippen molar-refractivity contribution >= 4 is 27.6 Å². The minimum Gasteiger partial charge on any atom is -0.479 e. The van der Waals surface area contributed by atoms with Crippen molar-refractivity contribution in [2.24, 2.45) is 5.41 Å². The van der Waals surface area contributed by atoms with Crippen LogP contribution in [0, 0.1) is 5.41 Å². The number of rotatable bonds is 10. The molecule has 1 aliphatic heterocycles. The minimum atomic E-state index is -4.12. The van der Waals surface area contributed by atoms with Gasteiger partial charge in [0.05, 0.1) is 32.5 Å². The molecule has 2 unspecified atom stereocenters. The predicted octanol–water partition coefficient (Wildman–Crippen LogP) is 1.93. The fourth-order valence-electron chi connectivity index (χ4n) is 4.84. The first-order chi connectivity index (χ1) is 18.2. The molecule has 3 aromatic heterocycles. The molecule has 14 nitrogen and oxygen atoms in total. The first-order valence-corrected chi connectivity index (χ1v) is 13.6. The Labute approximate surface area is 224 Å². The average Bonchev–Trinajstić information content (AvgIpc) is 3.25. The molecule has 0 bridgehead atoms. The molecule has 0 aromatic carbocycles. The Bertz CT molecular complexity index is 1390. The van der Waals surface area contributed by atoms with Gasteiger partial charge in [-0.15, -0.1) is 10.2 Å². The second-order valence-corrected chi connectivity index (χ2v) is 11.8. The summed E-state index contributed by atoms with van der Waals surface area (Å²) in [6.45, 7) is 2.87. The Morgan fingerprint density at radius 2 is 1.71 bits per heavy atom. The van der Waals surface area contributed by atoms with Crippen molar-refractivity contribution in [2.75, 3.05) is 39.3 Å². The number of sulfonamides is 1. The maximum atomic E-state index is 13.6. The van der Waals surface area contributed by atoms with E-state index in [1.165, 1.54) is 47.0 Å². The van der Waals surface area contributed by atoms with E-state index in [-0.39, 0.29) is 40.6 Å². The topological polar surface area (TPSA) is 165 Å². The number of methoxy groups -OCH3 is 3. The molecule has 1 aliphatic carbocycles. The molecule has 5 rings (SSSR count). The van der Waals surface area contributed by atoms with Crippen LogP contribution in [-0.2, 0) is 19.5 Å². The Kier molecular flexibility index (Phi) is 7.11. The average molecular weight is 567 g/mol. The quantitative estimate of drug-likeness (QED) is 0.379. The van der Waals surface area contributed by atoms with Crippen molar-refractivity contribution in [1.29, 1.82) is 0 Å². The summed E-state index contributed by atoms with van der Waals surface area (Å²) in [6, 6.07) is 0. The summed E-state index contributed by atoms with van der Waals surface area (Å²) in [4.78, 5) is 16.6. The van der Waals surface area contributed by atoms with Crippen molar-refractivity contribution in [2.45, 2.75) is 37.0 Å². The molecule has 2 fully saturated rings. The van der Waals surface area contributed by atoms with Crippen LogP contribution in [0.25, 0.3) is 5.69 Å². The molecule has 1 N–H and O–H groups in total. The summed E-state index contributed by atoms with van der Waals surface area (Å²) in [5.74, 6) is 0.957. The number of aromatic nitrogens is 7. The van der Waals surface area contributed by atoms with E-state index in [1.54, 1.807) is 4.57 Å². The monoisotopic (exact) mass is 566 g/mol. The zero-order chi connectivity index (χ0) is 27.1. The van der Waals surface area contributed by atoms with Gasteiger partial charge in [0.25, 0.3) is 0 Å². The smallest absolute Gasteiger partial charge is 0.245 e. The number of halogens is 1. The Morgan fingerprint density at radius 3 is 2.24 bits per heavy atom. The lowest BCUT2D eigenvalue weighted by Crippen LogP contribution is -2.51. The van der Waals surface area contributed by atoms with Crippen molar-refractivity contribution in [3.05, 3.63) is 35.4 Å². The van der Waals surface area contributed by atoms with E-state index in [4.69, 9.17) is 30.5 Å². The van der Waals surface area contributed by atoms with Gasteiger partial charge in [-0.25, -0.2) is 18.4 Å². The standard InChI is InChI=1S/C22H27ClN8O6S/c1-12(16(34-2)17-24-7-14(23)8-25-17)38(32,33)30-21-29-28-18(13-5-22(6-13)9-37-10-22)31(21)15-19(35-3)26-11-27-20(15)36-4/h7-8,11-13,16H,5-6,9-10H2,1-4H3,(H,29,30). The molecule has 1 spiro atoms. The molecular formula is C22H27ClN8O6S. The van der Waals surface area contributed by atoms with Crippen LogP contribution in [0.1, 0.15) is 43.4 Å². The lowest BCUT2D eigenvalue weighted by Gasteiger charge is -2.52. The molecule has 204 valence electrons. The molecule has 0 amide bonds. The summed E-state index contributed by atoms with van der Waals surface area (Å²) < 4.78 is 53.1. The van der Waals surface area contributed by atoms with E-state index in [9.17, 15) is 8.42 Å². The Hall–Kier alpha value is -3.14. The number of nitrogens with one attached hydrogen (secondary N) is 1. The van der Waals surface area contributed by atoms with E-state index in [0.29, 0.717) is 24.1 Å². The van der Waals surface area contributed by atoms with Gasteiger partial charge in [-0.1, -0.05) is 11.6 Å². The van der Waals surface area contributed by atoms with Gasteiger partial charge >= 0.3 is 0 Å². The highest BCUT2D eigenvalue weighted by Crippen LogP contribution is 2.55. The zero-order valence-corrected chi connectivity index (χ0v) is 22.7. The molecular weight excluding hydrogens is 540 g/mol. The van der Waals surface area contributed by atoms with Gasteiger partial charge in [-0.3, -0.25) is 9.29 Å². The maximum absolute atomic E-state index is 13.6. The van der Waals surface area contributed by atoms with Crippen molar-refractivity contribution < 1.29 is 27.4 Å². The molecule has 0 radical (unpaired) electrons. The Balaban J connectivity index is 1.53. The number of ether oxygens (including phenoxy) is 4. The summed E-state index contributed by atoms with van der Waals surface area (Å²) >= 11 is 5.88. The SMILES string of the molecule is COc1ncnc(OC)c1-n1c(NS(=O)(=O)C(C)C(OC)c2ncc(Cl)cn2)nnc1C1CC2(COC2)C1. The van der Waals surface area contributed by atoms with Gasteiger partial charge in [-0.2, -0.15) is 9.97 Å². The highest BCUT2D eigenvalue weighted by atomic mass is 35.5. The Morgan fingerprint density at radius 1 is 1.08 bits per heavy atom. The van der Waals surface area contributed by atoms with Crippen LogP contribution in [0.2, 0.25) is 5.02 Å². The van der Waals surface area contributed by atoms with Crippen LogP contribution >= 0.6 is 11.6 Å². The molecule has 2 atom stereocenters. The van der Waals surface area contributed by atoms with Crippen LogP contribution in [0.15, 0.2) is 18.7 Å². The molecule has 2 aliphatic rings. The van der Waals surface area contributed by atoms with Crippen LogP contribution in [0.3, 0.4) is 0 Å². The fraction of sp³-hybridized carbons (Fsp3) is 0.545. The highest BCUT2D eigenvalue weighted by molar-refractivity contribution is 7.93. The first-order valence-electron chi connectivity index (χ1n) is 11.7. The minimum absolute atomic E-state index is 0.00545. The van der Waals surface area contributed by atoms with E-state index in [2.05, 4.69) is 34.9 Å². The third-order valence-electron chi connectivity index (χ3n) is 6.89. The fourth-order valence-corrected chi connectivity index (χ4v) is 6.07. The van der Waals surface area contributed by atoms with E-state index >= 15 is 0 Å². The predicted molar refractivity (Wildman–Crippen MR) is 134 cm³/mol. The molecule has 4 heterocycles. The van der Waals surface area contributed by atoms with Crippen molar-refractivity contribution in [1.82, 2.24) is 34.7 Å². The summed E-state index contributed by atoms with van der Waals surface area (Å²) in [7, 11) is 0.144. The van der Waals surface area contributed by atoms with Crippen molar-refractivity contribution in [3.63, 3.8) is 0 Å². The van der Waals surface area contributed by atoms with Gasteiger partial charge in [0.1, 0.15) is 23.5 Å². The lowest BCUT2D eigenvalue weighted by atomic mass is 9.60. The first kappa shape index (κ1) is 26.5. The number of hydrogen-bond donors (Lipinski definition) is 1. The molecule has 38 heavy (non-hydrogen) atoms. The number of nitrogens with zero attached hydrogens (tertiary/aromatic N) is 7. The zero-order valence-electron chi connectivity index (χ0n) is 21.2. The van der Waals surface area contributed by atoms with E-state index in [0.717, 1.165) is 12.8 Å². The van der Waals surface area contributed by atoms with Crippen LogP contribution in [0.5, 0.6) is 11.8 Å². The second-order valence-electron chi connectivity index (χ2n) is 9.32. The van der Waals surface area contributed by atoms with Crippen LogP contribution in [-0.4, -0.2) is 82.9 Å². The molecule has 1 saturated carbocycles. The van der Waals surface area contributed by atoms with Gasteiger partial charge in [0.15, 0.2) is 11.5 Å². The second kappa shape index (κ2) is 10.2.